The molecule has 1 saturated carbocycles. The highest BCUT2D eigenvalue weighted by Gasteiger charge is 2.39. The molecule has 4 aliphatic rings. The van der Waals surface area contributed by atoms with E-state index in [1.54, 1.807) is 12.1 Å². The van der Waals surface area contributed by atoms with Crippen molar-refractivity contribution in [2.24, 2.45) is 7.05 Å². The molecule has 60 heavy (non-hydrogen) atoms. The van der Waals surface area contributed by atoms with Gasteiger partial charge in [-0.2, -0.15) is 0 Å². The number of benzene rings is 3. The maximum atomic E-state index is 13.0. The summed E-state index contributed by atoms with van der Waals surface area (Å²) in [7, 11) is 2.09. The molecule has 6 heterocycles. The topological polar surface area (TPSA) is 128 Å². The van der Waals surface area contributed by atoms with Crippen LogP contribution in [0.3, 0.4) is 0 Å². The van der Waals surface area contributed by atoms with E-state index in [4.69, 9.17) is 14.2 Å². The Labute approximate surface area is 347 Å². The minimum absolute atomic E-state index is 0.111. The van der Waals surface area contributed by atoms with E-state index in [-0.39, 0.29) is 43.2 Å². The van der Waals surface area contributed by atoms with Crippen LogP contribution in [0.1, 0.15) is 60.0 Å². The summed E-state index contributed by atoms with van der Waals surface area (Å²) >= 11 is 0. The van der Waals surface area contributed by atoms with Crippen molar-refractivity contribution < 1.29 is 28.6 Å². The molecular weight excluding hydrogens is 757 g/mol. The van der Waals surface area contributed by atoms with E-state index in [9.17, 15) is 14.4 Å². The molecule has 0 bridgehead atoms. The van der Waals surface area contributed by atoms with Crippen molar-refractivity contribution in [3.05, 3.63) is 114 Å². The number of imide groups is 1. The van der Waals surface area contributed by atoms with E-state index < -0.39 is 11.9 Å². The number of nitrogens with one attached hydrogen (secondary N) is 1. The molecule has 1 aliphatic carbocycles. The van der Waals surface area contributed by atoms with Crippen molar-refractivity contribution in [1.29, 1.82) is 0 Å². The quantitative estimate of drug-likeness (QED) is 0.128. The molecule has 2 saturated heterocycles. The Morgan fingerprint density at radius 1 is 0.833 bits per heavy atom. The Bertz CT molecular complexity index is 2700. The highest BCUT2D eigenvalue weighted by Crippen LogP contribution is 2.34. The Morgan fingerprint density at radius 3 is 2.53 bits per heavy atom. The molecule has 0 radical (unpaired) electrons. The fourth-order valence-electron chi connectivity index (χ4n) is 8.95. The van der Waals surface area contributed by atoms with Crippen LogP contribution in [0.5, 0.6) is 11.6 Å². The Morgan fingerprint density at radius 2 is 1.70 bits per heavy atom. The van der Waals surface area contributed by atoms with E-state index in [2.05, 4.69) is 86.1 Å². The van der Waals surface area contributed by atoms with Gasteiger partial charge in [0.15, 0.2) is 0 Å². The highest BCUT2D eigenvalue weighted by molar-refractivity contribution is 6.08. The summed E-state index contributed by atoms with van der Waals surface area (Å²) in [5.41, 5.74) is 7.91. The summed E-state index contributed by atoms with van der Waals surface area (Å²) in [6.07, 6.45) is 10.4. The molecule has 3 aromatic carbocycles. The third kappa shape index (κ3) is 7.41. The fraction of sp³-hybridized carbons (Fsp3) is 0.312. The number of rotatable bonds is 9. The number of anilines is 1. The molecule has 0 spiro atoms. The van der Waals surface area contributed by atoms with Gasteiger partial charge in [0.1, 0.15) is 24.5 Å². The summed E-state index contributed by atoms with van der Waals surface area (Å²) < 4.78 is 20.9. The summed E-state index contributed by atoms with van der Waals surface area (Å²) in [6.45, 7) is 2.32. The summed E-state index contributed by atoms with van der Waals surface area (Å²) in [6, 6.07) is 25.6. The van der Waals surface area contributed by atoms with Crippen LogP contribution in [0, 0.1) is 11.8 Å². The monoisotopic (exact) mass is 800 g/mol. The fourth-order valence-corrected chi connectivity index (χ4v) is 8.95. The van der Waals surface area contributed by atoms with Crippen LogP contribution in [0.4, 0.5) is 5.69 Å². The number of hydrogen-bond acceptors (Lipinski definition) is 9. The standard InChI is InChI=1S/C48H44N6O6/c1-52-42-15-18-49-28-41(42)40-10-7-31(24-44(40)52)32-8-14-46(50-27-32)60-38-25-37(26-38)59-35-16-19-53(20-17-35)34-6-2-4-30(22-34)5-3-21-58-36-9-11-39-33(23-36)29-54(48(39)57)43-12-13-45(55)51-47(43)56/h2,4,6-11,14-15,18,22-24,27-28,35,37-38,43H,12-13,16-17,19-21,25-26,29H2,1H3,(H,51,55,56)/t37-,38-,43?. The molecule has 3 fully saturated rings. The molecule has 3 aliphatic heterocycles. The average molecular weight is 801 g/mol. The van der Waals surface area contributed by atoms with Crippen LogP contribution >= 0.6 is 0 Å². The highest BCUT2D eigenvalue weighted by atomic mass is 16.5. The van der Waals surface area contributed by atoms with Crippen molar-refractivity contribution in [2.75, 3.05) is 24.6 Å². The SMILES string of the molecule is Cn1c2ccncc2c2ccc(-c3ccc(O[C@H]4C[C@H](OC5CCN(c6cccc(C#CCOc7ccc8c(c7)CN(C7CCC(=O)NC7=O)C8=O)c6)CC5)C4)nc3)cc21. The molecule has 3 amide bonds. The first-order valence-electron chi connectivity index (χ1n) is 20.7. The van der Waals surface area contributed by atoms with Crippen molar-refractivity contribution in [1.82, 2.24) is 24.8 Å². The Balaban J connectivity index is 0.660. The van der Waals surface area contributed by atoms with Gasteiger partial charge in [0.2, 0.25) is 17.7 Å². The predicted octanol–water partition coefficient (Wildman–Crippen LogP) is 6.58. The number of hydrogen-bond donors (Lipinski definition) is 1. The number of nitrogens with zero attached hydrogens (tertiary/aromatic N) is 5. The summed E-state index contributed by atoms with van der Waals surface area (Å²) in [4.78, 5) is 49.8. The van der Waals surface area contributed by atoms with Gasteiger partial charge in [0, 0.05) is 109 Å². The minimum atomic E-state index is -0.645. The molecular formula is C48H44N6O6. The second-order valence-corrected chi connectivity index (χ2v) is 16.1. The number of aromatic nitrogens is 3. The average Bonchev–Trinajstić information content (AvgIpc) is 3.74. The van der Waals surface area contributed by atoms with Crippen molar-refractivity contribution in [3.63, 3.8) is 0 Å². The molecule has 12 heteroatoms. The number of carbonyl (C=O) groups is 3. The molecule has 1 unspecified atom stereocenters. The molecule has 10 rings (SSSR count). The first-order valence-corrected chi connectivity index (χ1v) is 20.7. The number of ether oxygens (including phenoxy) is 3. The third-order valence-electron chi connectivity index (χ3n) is 12.3. The first kappa shape index (κ1) is 37.6. The van der Waals surface area contributed by atoms with Crippen LogP contribution in [-0.4, -0.2) is 81.2 Å². The number of fused-ring (bicyclic) bond motifs is 4. The molecule has 6 aromatic rings. The maximum absolute atomic E-state index is 13.0. The van der Waals surface area contributed by atoms with E-state index in [0.717, 1.165) is 72.1 Å². The number of amides is 3. The van der Waals surface area contributed by atoms with Crippen molar-refractivity contribution in [3.8, 4) is 34.6 Å². The third-order valence-corrected chi connectivity index (χ3v) is 12.3. The molecule has 1 atom stereocenters. The van der Waals surface area contributed by atoms with Gasteiger partial charge in [0.25, 0.3) is 5.91 Å². The lowest BCUT2D eigenvalue weighted by atomic mass is 9.91. The number of carbonyl (C=O) groups excluding carboxylic acids is 3. The van der Waals surface area contributed by atoms with E-state index >= 15 is 0 Å². The van der Waals surface area contributed by atoms with Gasteiger partial charge < -0.3 is 28.6 Å². The smallest absolute Gasteiger partial charge is 0.255 e. The molecule has 3 aromatic heterocycles. The summed E-state index contributed by atoms with van der Waals surface area (Å²) in [5.74, 6) is 6.67. The molecule has 302 valence electrons. The van der Waals surface area contributed by atoms with Crippen LogP contribution in [0.25, 0.3) is 32.9 Å². The van der Waals surface area contributed by atoms with Gasteiger partial charge in [-0.15, -0.1) is 0 Å². The maximum Gasteiger partial charge on any atom is 0.255 e. The van der Waals surface area contributed by atoms with Crippen molar-refractivity contribution in [2.45, 2.75) is 69.4 Å². The zero-order valence-electron chi connectivity index (χ0n) is 33.3. The van der Waals surface area contributed by atoms with Gasteiger partial charge in [-0.3, -0.25) is 24.7 Å². The summed E-state index contributed by atoms with van der Waals surface area (Å²) in [5, 5.41) is 4.69. The van der Waals surface area contributed by atoms with Crippen LogP contribution in [0.15, 0.2) is 97.5 Å². The first-order chi connectivity index (χ1) is 29.3. The van der Waals surface area contributed by atoms with Gasteiger partial charge in [-0.1, -0.05) is 30.0 Å². The largest absolute Gasteiger partial charge is 0.481 e. The minimum Gasteiger partial charge on any atom is -0.481 e. The second kappa shape index (κ2) is 15.8. The predicted molar refractivity (Wildman–Crippen MR) is 227 cm³/mol. The van der Waals surface area contributed by atoms with E-state index in [1.807, 2.05) is 42.9 Å². The lowest BCUT2D eigenvalue weighted by Crippen LogP contribution is -2.52. The molecule has 12 nitrogen and oxygen atoms in total. The van der Waals surface area contributed by atoms with E-state index in [1.165, 1.54) is 21.3 Å². The van der Waals surface area contributed by atoms with Gasteiger partial charge in [-0.25, -0.2) is 4.98 Å². The molecule has 1 N–H and O–H groups in total. The Kier molecular flexibility index (Phi) is 9.89. The van der Waals surface area contributed by atoms with Crippen LogP contribution in [-0.2, 0) is 27.9 Å². The Hall–Kier alpha value is -6.71. The van der Waals surface area contributed by atoms with Crippen LogP contribution < -0.4 is 19.7 Å². The van der Waals surface area contributed by atoms with Crippen LogP contribution in [0.2, 0.25) is 0 Å². The normalized spacial score (nSPS) is 20.4. The lowest BCUT2D eigenvalue weighted by molar-refractivity contribution is -0.136. The van der Waals surface area contributed by atoms with Crippen molar-refractivity contribution >= 4 is 45.2 Å². The zero-order valence-corrected chi connectivity index (χ0v) is 33.3. The number of piperidine rings is 2. The zero-order chi connectivity index (χ0) is 40.7. The van der Waals surface area contributed by atoms with Gasteiger partial charge in [0.05, 0.1) is 17.7 Å². The van der Waals surface area contributed by atoms with Gasteiger partial charge >= 0.3 is 0 Å². The number of aryl methyl sites for hydroxylation is 1. The second-order valence-electron chi connectivity index (χ2n) is 16.1. The van der Waals surface area contributed by atoms with Gasteiger partial charge in [-0.05, 0) is 85.0 Å². The van der Waals surface area contributed by atoms with E-state index in [0.29, 0.717) is 30.2 Å². The lowest BCUT2D eigenvalue weighted by Gasteiger charge is -2.40. The number of pyridine rings is 2.